The van der Waals surface area contributed by atoms with Gasteiger partial charge in [0, 0.05) is 5.56 Å². The lowest BCUT2D eigenvalue weighted by Crippen LogP contribution is -1.95. The number of carbonyl (C=O) groups excluding carboxylic acids is 1. The first-order valence-electron chi connectivity index (χ1n) is 6.16. The molecule has 0 amide bonds. The van der Waals surface area contributed by atoms with Crippen LogP contribution in [0.4, 0.5) is 0 Å². The average molecular weight is 236 g/mol. The second-order valence-corrected chi connectivity index (χ2v) is 4.16. The lowest BCUT2D eigenvalue weighted by molar-refractivity contribution is 0.104. The lowest BCUT2D eigenvalue weighted by atomic mass is 10.0. The van der Waals surface area contributed by atoms with E-state index < -0.39 is 0 Å². The number of carbonyl (C=O) groups is 1. The highest BCUT2D eigenvalue weighted by Crippen LogP contribution is 2.09. The predicted molar refractivity (Wildman–Crippen MR) is 75.6 cm³/mol. The molecule has 0 aliphatic rings. The van der Waals surface area contributed by atoms with E-state index in [-0.39, 0.29) is 5.78 Å². The van der Waals surface area contributed by atoms with Gasteiger partial charge in [0.05, 0.1) is 0 Å². The van der Waals surface area contributed by atoms with Crippen molar-refractivity contribution in [3.8, 4) is 0 Å². The molecule has 0 saturated heterocycles. The lowest BCUT2D eigenvalue weighted by Gasteiger charge is -1.99. The molecule has 0 aliphatic heterocycles. The Bertz CT molecular complexity index is 553. The summed E-state index contributed by atoms with van der Waals surface area (Å²) in [6, 6.07) is 17.6. The Hall–Kier alpha value is -2.15. The van der Waals surface area contributed by atoms with Crippen molar-refractivity contribution in [2.75, 3.05) is 0 Å². The minimum atomic E-state index is 0.0501. The summed E-state index contributed by atoms with van der Waals surface area (Å²) in [4.78, 5) is 12.0. The van der Waals surface area contributed by atoms with Gasteiger partial charge in [0.25, 0.3) is 0 Å². The number of hydrogen-bond donors (Lipinski definition) is 0. The molecule has 0 saturated carbocycles. The highest BCUT2D eigenvalue weighted by Gasteiger charge is 2.01. The normalized spacial score (nSPS) is 10.7. The van der Waals surface area contributed by atoms with Crippen molar-refractivity contribution >= 4 is 11.9 Å². The van der Waals surface area contributed by atoms with Gasteiger partial charge in [-0.25, -0.2) is 0 Å². The smallest absolute Gasteiger partial charge is 0.185 e. The second kappa shape index (κ2) is 5.97. The van der Waals surface area contributed by atoms with Gasteiger partial charge in [0.1, 0.15) is 0 Å². The Labute approximate surface area is 108 Å². The molecule has 0 atom stereocenters. The molecule has 0 aliphatic carbocycles. The first kappa shape index (κ1) is 12.3. The number of aryl methyl sites for hydroxylation is 1. The molecule has 0 N–H and O–H groups in total. The molecule has 90 valence electrons. The van der Waals surface area contributed by atoms with E-state index >= 15 is 0 Å². The van der Waals surface area contributed by atoms with E-state index in [4.69, 9.17) is 0 Å². The molecular formula is C17H16O. The number of ketones is 1. The van der Waals surface area contributed by atoms with Crippen molar-refractivity contribution in [1.82, 2.24) is 0 Å². The zero-order chi connectivity index (χ0) is 12.8. The summed E-state index contributed by atoms with van der Waals surface area (Å²) in [6.45, 7) is 2.09. The molecule has 18 heavy (non-hydrogen) atoms. The van der Waals surface area contributed by atoms with Crippen molar-refractivity contribution < 1.29 is 4.79 Å². The Morgan fingerprint density at radius 3 is 2.56 bits per heavy atom. The van der Waals surface area contributed by atoms with Crippen LogP contribution in [0.15, 0.2) is 60.7 Å². The van der Waals surface area contributed by atoms with E-state index in [9.17, 15) is 4.79 Å². The van der Waals surface area contributed by atoms with Crippen molar-refractivity contribution in [3.05, 3.63) is 77.4 Å². The van der Waals surface area contributed by atoms with Crippen molar-refractivity contribution in [1.29, 1.82) is 0 Å². The van der Waals surface area contributed by atoms with Gasteiger partial charge in [-0.2, -0.15) is 0 Å². The predicted octanol–water partition coefficient (Wildman–Crippen LogP) is 4.15. The van der Waals surface area contributed by atoms with Gasteiger partial charge >= 0.3 is 0 Å². The summed E-state index contributed by atoms with van der Waals surface area (Å²) in [5.41, 5.74) is 2.98. The van der Waals surface area contributed by atoms with Crippen LogP contribution in [-0.2, 0) is 6.42 Å². The van der Waals surface area contributed by atoms with Gasteiger partial charge in [0.15, 0.2) is 5.78 Å². The van der Waals surface area contributed by atoms with E-state index in [1.54, 1.807) is 6.08 Å². The standard InChI is InChI=1S/C17H16O/c1-2-14-9-6-10-16(13-14)17(18)12-11-15-7-4-3-5-8-15/h3-13H,2H2,1H3. The van der Waals surface area contributed by atoms with Crippen LogP contribution in [0.3, 0.4) is 0 Å². The van der Waals surface area contributed by atoms with Gasteiger partial charge in [-0.3, -0.25) is 4.79 Å². The third kappa shape index (κ3) is 3.17. The molecule has 2 aromatic rings. The molecule has 1 nitrogen and oxygen atoms in total. The largest absolute Gasteiger partial charge is 0.289 e. The molecule has 0 aromatic heterocycles. The van der Waals surface area contributed by atoms with Gasteiger partial charge < -0.3 is 0 Å². The fraction of sp³-hybridized carbons (Fsp3) is 0.118. The Kier molecular flexibility index (Phi) is 4.08. The second-order valence-electron chi connectivity index (χ2n) is 4.16. The SMILES string of the molecule is CCc1cccc(C(=O)C=Cc2ccccc2)c1. The highest BCUT2D eigenvalue weighted by molar-refractivity contribution is 6.06. The van der Waals surface area contributed by atoms with Crippen LogP contribution < -0.4 is 0 Å². The molecule has 0 spiro atoms. The number of rotatable bonds is 4. The molecule has 1 heteroatoms. The maximum absolute atomic E-state index is 12.0. The summed E-state index contributed by atoms with van der Waals surface area (Å²) in [6.07, 6.45) is 4.43. The topological polar surface area (TPSA) is 17.1 Å². The molecule has 0 fully saturated rings. The van der Waals surface area contributed by atoms with Gasteiger partial charge in [-0.1, -0.05) is 61.5 Å². The molecule has 0 unspecified atom stereocenters. The molecule has 2 rings (SSSR count). The van der Waals surface area contributed by atoms with Crippen molar-refractivity contribution in [3.63, 3.8) is 0 Å². The molecule has 0 radical (unpaired) electrons. The van der Waals surface area contributed by atoms with E-state index in [1.807, 2.05) is 60.7 Å². The summed E-state index contributed by atoms with van der Waals surface area (Å²) in [5.74, 6) is 0.0501. The van der Waals surface area contributed by atoms with Crippen molar-refractivity contribution in [2.24, 2.45) is 0 Å². The summed E-state index contributed by atoms with van der Waals surface area (Å²) >= 11 is 0. The van der Waals surface area contributed by atoms with E-state index in [2.05, 4.69) is 6.92 Å². The third-order valence-electron chi connectivity index (χ3n) is 2.85. The molecule has 0 heterocycles. The molecule has 2 aromatic carbocycles. The van der Waals surface area contributed by atoms with Crippen LogP contribution in [0, 0.1) is 0 Å². The summed E-state index contributed by atoms with van der Waals surface area (Å²) < 4.78 is 0. The van der Waals surface area contributed by atoms with Crippen LogP contribution in [0.5, 0.6) is 0 Å². The highest BCUT2D eigenvalue weighted by atomic mass is 16.1. The van der Waals surface area contributed by atoms with E-state index in [0.717, 1.165) is 17.5 Å². The first-order chi connectivity index (χ1) is 8.79. The van der Waals surface area contributed by atoms with Crippen LogP contribution in [0.2, 0.25) is 0 Å². The Balaban J connectivity index is 2.14. The van der Waals surface area contributed by atoms with E-state index in [1.165, 1.54) is 5.56 Å². The summed E-state index contributed by atoms with van der Waals surface area (Å²) in [7, 11) is 0. The average Bonchev–Trinajstić information content (AvgIpc) is 2.46. The maximum atomic E-state index is 12.0. The number of hydrogen-bond acceptors (Lipinski definition) is 1. The van der Waals surface area contributed by atoms with E-state index in [0.29, 0.717) is 0 Å². The summed E-state index contributed by atoms with van der Waals surface area (Å²) in [5, 5.41) is 0. The zero-order valence-corrected chi connectivity index (χ0v) is 10.5. The van der Waals surface area contributed by atoms with Crippen LogP contribution in [-0.4, -0.2) is 5.78 Å². The van der Waals surface area contributed by atoms with Gasteiger partial charge in [-0.05, 0) is 29.7 Å². The van der Waals surface area contributed by atoms with Crippen LogP contribution in [0.25, 0.3) is 6.08 Å². The number of allylic oxidation sites excluding steroid dienone is 1. The molecular weight excluding hydrogens is 220 g/mol. The third-order valence-corrected chi connectivity index (χ3v) is 2.85. The fourth-order valence-corrected chi connectivity index (χ4v) is 1.78. The van der Waals surface area contributed by atoms with Gasteiger partial charge in [-0.15, -0.1) is 0 Å². The van der Waals surface area contributed by atoms with Crippen molar-refractivity contribution in [2.45, 2.75) is 13.3 Å². The number of benzene rings is 2. The first-order valence-corrected chi connectivity index (χ1v) is 6.16. The quantitative estimate of drug-likeness (QED) is 0.576. The van der Waals surface area contributed by atoms with Gasteiger partial charge in [0.2, 0.25) is 0 Å². The Morgan fingerprint density at radius 1 is 1.06 bits per heavy atom. The van der Waals surface area contributed by atoms with Crippen LogP contribution >= 0.6 is 0 Å². The minimum absolute atomic E-state index is 0.0501. The Morgan fingerprint density at radius 2 is 1.83 bits per heavy atom. The fourth-order valence-electron chi connectivity index (χ4n) is 1.78. The van der Waals surface area contributed by atoms with Crippen LogP contribution in [0.1, 0.15) is 28.4 Å². The minimum Gasteiger partial charge on any atom is -0.289 e. The molecule has 0 bridgehead atoms. The maximum Gasteiger partial charge on any atom is 0.185 e. The monoisotopic (exact) mass is 236 g/mol. The zero-order valence-electron chi connectivity index (χ0n) is 10.5.